The molecule has 1 aliphatic carbocycles. The van der Waals surface area contributed by atoms with E-state index in [1.807, 2.05) is 30.3 Å². The maximum absolute atomic E-state index is 12.8. The molecule has 0 spiro atoms. The Morgan fingerprint density at radius 3 is 2.75 bits per heavy atom. The van der Waals surface area contributed by atoms with E-state index in [2.05, 4.69) is 17.2 Å². The third-order valence-electron chi connectivity index (χ3n) is 4.33. The zero-order valence-electron chi connectivity index (χ0n) is 13.8. The van der Waals surface area contributed by atoms with Gasteiger partial charge in [-0.25, -0.2) is 9.78 Å². The van der Waals surface area contributed by atoms with Gasteiger partial charge in [0.15, 0.2) is 5.13 Å². The molecule has 1 aliphatic rings. The van der Waals surface area contributed by atoms with Crippen molar-refractivity contribution in [1.29, 1.82) is 0 Å². The first-order valence-corrected chi connectivity index (χ1v) is 9.20. The monoisotopic (exact) mass is 345 g/mol. The predicted octanol–water partition coefficient (Wildman–Crippen LogP) is 3.51. The number of hydrogen-bond acceptors (Lipinski definition) is 4. The van der Waals surface area contributed by atoms with Crippen LogP contribution in [0.3, 0.4) is 0 Å². The molecule has 0 radical (unpaired) electrons. The number of benzene rings is 1. The van der Waals surface area contributed by atoms with E-state index in [4.69, 9.17) is 0 Å². The molecule has 5 nitrogen and oxygen atoms in total. The first kappa shape index (κ1) is 16.9. The van der Waals surface area contributed by atoms with Crippen molar-refractivity contribution >= 4 is 22.5 Å². The number of nitrogens with one attached hydrogen (secondary N) is 1. The second kappa shape index (κ2) is 7.77. The van der Waals surface area contributed by atoms with Crippen molar-refractivity contribution in [3.63, 3.8) is 0 Å². The van der Waals surface area contributed by atoms with Gasteiger partial charge in [0.2, 0.25) is 0 Å². The molecule has 0 saturated heterocycles. The Hall–Kier alpha value is -1.92. The number of thiazole rings is 1. The summed E-state index contributed by atoms with van der Waals surface area (Å²) in [6, 6.07) is 9.55. The van der Waals surface area contributed by atoms with Crippen LogP contribution in [-0.2, 0) is 13.0 Å². The van der Waals surface area contributed by atoms with Gasteiger partial charge < -0.3 is 10.0 Å². The van der Waals surface area contributed by atoms with E-state index in [9.17, 15) is 9.90 Å². The largest absolute Gasteiger partial charge is 0.394 e. The summed E-state index contributed by atoms with van der Waals surface area (Å²) in [5, 5.41) is 13.3. The summed E-state index contributed by atoms with van der Waals surface area (Å²) in [4.78, 5) is 20.0. The maximum atomic E-state index is 12.8. The molecule has 1 saturated carbocycles. The van der Waals surface area contributed by atoms with E-state index in [1.165, 1.54) is 11.3 Å². The summed E-state index contributed by atoms with van der Waals surface area (Å²) in [5.41, 5.74) is 1.06. The molecule has 6 heteroatoms. The number of aromatic nitrogens is 1. The molecule has 1 heterocycles. The van der Waals surface area contributed by atoms with Crippen LogP contribution in [0.15, 0.2) is 36.5 Å². The number of aryl methyl sites for hydroxylation is 1. The highest BCUT2D eigenvalue weighted by Crippen LogP contribution is 2.36. The lowest BCUT2D eigenvalue weighted by Gasteiger charge is -2.30. The lowest BCUT2D eigenvalue weighted by atomic mass is 10.1. The third-order valence-corrected chi connectivity index (χ3v) is 5.38. The average molecular weight is 345 g/mol. The number of rotatable bonds is 7. The summed E-state index contributed by atoms with van der Waals surface area (Å²) in [6.45, 7) is 2.54. The van der Waals surface area contributed by atoms with Crippen LogP contribution >= 0.6 is 11.3 Å². The number of anilines is 1. The molecule has 0 bridgehead atoms. The first-order chi connectivity index (χ1) is 11.7. The van der Waals surface area contributed by atoms with Crippen LogP contribution in [0.4, 0.5) is 9.93 Å². The van der Waals surface area contributed by atoms with Gasteiger partial charge in [-0.1, -0.05) is 37.3 Å². The van der Waals surface area contributed by atoms with Crippen LogP contribution < -0.4 is 5.32 Å². The van der Waals surface area contributed by atoms with Crippen LogP contribution in [-0.4, -0.2) is 33.7 Å². The molecule has 2 amide bonds. The highest BCUT2D eigenvalue weighted by atomic mass is 32.1. The Kier molecular flexibility index (Phi) is 5.48. The summed E-state index contributed by atoms with van der Waals surface area (Å²) in [7, 11) is 0. The summed E-state index contributed by atoms with van der Waals surface area (Å²) < 4.78 is 0. The first-order valence-electron chi connectivity index (χ1n) is 8.38. The van der Waals surface area contributed by atoms with Crippen molar-refractivity contribution in [3.8, 4) is 0 Å². The van der Waals surface area contributed by atoms with Gasteiger partial charge in [0, 0.05) is 17.6 Å². The molecule has 128 valence electrons. The van der Waals surface area contributed by atoms with Crippen molar-refractivity contribution in [2.24, 2.45) is 5.92 Å². The number of amides is 2. The van der Waals surface area contributed by atoms with Gasteiger partial charge in [-0.3, -0.25) is 5.32 Å². The molecule has 2 aromatic rings. The van der Waals surface area contributed by atoms with Crippen molar-refractivity contribution in [1.82, 2.24) is 9.88 Å². The Morgan fingerprint density at radius 1 is 1.42 bits per heavy atom. The Labute approximate surface area is 146 Å². The number of urea groups is 1. The molecule has 1 aromatic heterocycles. The van der Waals surface area contributed by atoms with E-state index in [0.717, 1.165) is 29.7 Å². The number of hydrogen-bond donors (Lipinski definition) is 2. The van der Waals surface area contributed by atoms with E-state index in [-0.39, 0.29) is 18.7 Å². The molecule has 1 fully saturated rings. The molecular formula is C18H23N3O2S. The number of carbonyl (C=O) groups excluding carboxylic acids is 1. The van der Waals surface area contributed by atoms with Crippen LogP contribution in [0.5, 0.6) is 0 Å². The number of aliphatic hydroxyl groups is 1. The van der Waals surface area contributed by atoms with Crippen molar-refractivity contribution in [2.75, 3.05) is 11.9 Å². The highest BCUT2D eigenvalue weighted by Gasteiger charge is 2.37. The minimum Gasteiger partial charge on any atom is -0.394 e. The summed E-state index contributed by atoms with van der Waals surface area (Å²) in [6.07, 6.45) is 4.84. The Balaban J connectivity index is 1.75. The van der Waals surface area contributed by atoms with Gasteiger partial charge in [0.05, 0.1) is 12.6 Å². The average Bonchev–Trinajstić information content (AvgIpc) is 3.34. The molecule has 1 atom stereocenters. The van der Waals surface area contributed by atoms with Gasteiger partial charge in [-0.2, -0.15) is 0 Å². The smallest absolute Gasteiger partial charge is 0.324 e. The molecule has 0 aliphatic heterocycles. The molecule has 2 N–H and O–H groups in total. The second-order valence-electron chi connectivity index (χ2n) is 6.12. The molecular weight excluding hydrogens is 322 g/mol. The summed E-state index contributed by atoms with van der Waals surface area (Å²) >= 11 is 1.50. The van der Waals surface area contributed by atoms with Crippen molar-refractivity contribution < 1.29 is 9.90 Å². The molecule has 24 heavy (non-hydrogen) atoms. The number of aliphatic hydroxyl groups excluding tert-OH is 1. The van der Waals surface area contributed by atoms with Crippen LogP contribution in [0.2, 0.25) is 0 Å². The second-order valence-corrected chi connectivity index (χ2v) is 7.23. The fourth-order valence-electron chi connectivity index (χ4n) is 2.79. The van der Waals surface area contributed by atoms with Crippen molar-refractivity contribution in [3.05, 3.63) is 47.0 Å². The lowest BCUT2D eigenvalue weighted by Crippen LogP contribution is -2.45. The van der Waals surface area contributed by atoms with Gasteiger partial charge in [-0.05, 0) is 30.7 Å². The third kappa shape index (κ3) is 4.13. The minimum atomic E-state index is -0.193. The van der Waals surface area contributed by atoms with E-state index < -0.39 is 0 Å². The highest BCUT2D eigenvalue weighted by molar-refractivity contribution is 7.15. The zero-order valence-corrected chi connectivity index (χ0v) is 14.6. The van der Waals surface area contributed by atoms with Gasteiger partial charge in [0.1, 0.15) is 0 Å². The Bertz CT molecular complexity index is 670. The van der Waals surface area contributed by atoms with E-state index in [1.54, 1.807) is 11.1 Å². The number of carbonyl (C=O) groups is 1. The summed E-state index contributed by atoms with van der Waals surface area (Å²) in [5.74, 6) is 0.395. The fourth-order valence-corrected chi connectivity index (χ4v) is 3.54. The standard InChI is InChI=1S/C18H23N3O2S/c1-2-15-10-19-17(24-15)20-18(23)21(16(12-22)14-8-9-14)11-13-6-4-3-5-7-13/h3-7,10,14,16,22H,2,8-9,11-12H2,1H3,(H,19,20,23). The van der Waals surface area contributed by atoms with E-state index >= 15 is 0 Å². The van der Waals surface area contributed by atoms with Gasteiger partial charge in [-0.15, -0.1) is 11.3 Å². The SMILES string of the molecule is CCc1cnc(NC(=O)N(Cc2ccccc2)C(CO)C2CC2)s1. The van der Waals surface area contributed by atoms with Gasteiger partial charge in [0.25, 0.3) is 0 Å². The lowest BCUT2D eigenvalue weighted by molar-refractivity contribution is 0.124. The van der Waals surface area contributed by atoms with Crippen molar-refractivity contribution in [2.45, 2.75) is 38.8 Å². The number of nitrogens with zero attached hydrogens (tertiary/aromatic N) is 2. The predicted molar refractivity (Wildman–Crippen MR) is 96.1 cm³/mol. The molecule has 1 unspecified atom stereocenters. The topological polar surface area (TPSA) is 65.5 Å². The van der Waals surface area contributed by atoms with Crippen LogP contribution in [0.25, 0.3) is 0 Å². The quantitative estimate of drug-likeness (QED) is 0.807. The fraction of sp³-hybridized carbons (Fsp3) is 0.444. The maximum Gasteiger partial charge on any atom is 0.324 e. The molecule has 1 aromatic carbocycles. The normalized spacial score (nSPS) is 15.1. The minimum absolute atomic E-state index is 0.0109. The Morgan fingerprint density at radius 2 is 2.17 bits per heavy atom. The van der Waals surface area contributed by atoms with Crippen LogP contribution in [0, 0.1) is 5.92 Å². The zero-order chi connectivity index (χ0) is 16.9. The van der Waals surface area contributed by atoms with Crippen LogP contribution in [0.1, 0.15) is 30.2 Å². The van der Waals surface area contributed by atoms with Gasteiger partial charge >= 0.3 is 6.03 Å². The van der Waals surface area contributed by atoms with E-state index in [0.29, 0.717) is 17.6 Å². The molecule has 3 rings (SSSR count).